The number of ether oxygens (including phenoxy) is 1. The van der Waals surface area contributed by atoms with E-state index < -0.39 is 0 Å². The molecule has 1 aromatic heterocycles. The molecule has 0 atom stereocenters. The molecule has 0 saturated carbocycles. The van der Waals surface area contributed by atoms with Gasteiger partial charge in [0.25, 0.3) is 0 Å². The molecule has 72 valence electrons. The van der Waals surface area contributed by atoms with Crippen molar-refractivity contribution in [2.75, 3.05) is 6.54 Å². The minimum atomic E-state index is -0.383. The Balaban J connectivity index is 2.74. The summed E-state index contributed by atoms with van der Waals surface area (Å²) in [6.07, 6.45) is 3.17. The number of nitrogens with zero attached hydrogens (tertiary/aromatic N) is 1. The van der Waals surface area contributed by atoms with Gasteiger partial charge in [0.05, 0.1) is 11.2 Å². The van der Waals surface area contributed by atoms with Gasteiger partial charge in [-0.2, -0.15) is 0 Å². The molecule has 0 aliphatic rings. The van der Waals surface area contributed by atoms with Crippen LogP contribution in [0, 0.1) is 0 Å². The molecule has 1 aromatic rings. The van der Waals surface area contributed by atoms with Crippen molar-refractivity contribution in [3.8, 4) is 5.75 Å². The standard InChI is InChI=1S/C9H13ClN2O/c1-9(2,6-11)13-8-3-7(10)4-12-5-8/h3-5H,6,11H2,1-2H3. The maximum Gasteiger partial charge on any atom is 0.139 e. The third-order valence-corrected chi connectivity index (χ3v) is 1.77. The fourth-order valence-electron chi connectivity index (χ4n) is 0.809. The van der Waals surface area contributed by atoms with E-state index in [9.17, 15) is 0 Å². The summed E-state index contributed by atoms with van der Waals surface area (Å²) in [5.74, 6) is 0.642. The molecule has 1 heterocycles. The highest BCUT2D eigenvalue weighted by Crippen LogP contribution is 2.19. The number of rotatable bonds is 3. The largest absolute Gasteiger partial charge is 0.485 e. The van der Waals surface area contributed by atoms with Crippen molar-refractivity contribution in [1.29, 1.82) is 0 Å². The van der Waals surface area contributed by atoms with Gasteiger partial charge >= 0.3 is 0 Å². The van der Waals surface area contributed by atoms with Crippen LogP contribution in [0.5, 0.6) is 5.75 Å². The van der Waals surface area contributed by atoms with Gasteiger partial charge in [0.1, 0.15) is 11.4 Å². The zero-order chi connectivity index (χ0) is 9.90. The van der Waals surface area contributed by atoms with Crippen LogP contribution in [0.25, 0.3) is 0 Å². The monoisotopic (exact) mass is 200 g/mol. The topological polar surface area (TPSA) is 48.1 Å². The summed E-state index contributed by atoms with van der Waals surface area (Å²) in [6, 6.07) is 1.71. The lowest BCUT2D eigenvalue weighted by Gasteiger charge is -2.24. The minimum Gasteiger partial charge on any atom is -0.485 e. The Morgan fingerprint density at radius 1 is 1.54 bits per heavy atom. The third kappa shape index (κ3) is 3.20. The molecule has 0 bridgehead atoms. The van der Waals surface area contributed by atoms with E-state index in [1.165, 1.54) is 0 Å². The summed E-state index contributed by atoms with van der Waals surface area (Å²) in [5, 5.41) is 0.560. The third-order valence-electron chi connectivity index (χ3n) is 1.57. The predicted octanol–water partition coefficient (Wildman–Crippen LogP) is 1.85. The van der Waals surface area contributed by atoms with Gasteiger partial charge in [-0.05, 0) is 13.8 Å². The van der Waals surface area contributed by atoms with Crippen molar-refractivity contribution in [2.45, 2.75) is 19.4 Å². The van der Waals surface area contributed by atoms with Crippen LogP contribution in [-0.2, 0) is 0 Å². The van der Waals surface area contributed by atoms with Gasteiger partial charge < -0.3 is 10.5 Å². The highest BCUT2D eigenvalue weighted by atomic mass is 35.5. The molecule has 0 aliphatic carbocycles. The van der Waals surface area contributed by atoms with Crippen molar-refractivity contribution in [3.05, 3.63) is 23.5 Å². The van der Waals surface area contributed by atoms with E-state index in [4.69, 9.17) is 22.1 Å². The molecule has 3 nitrogen and oxygen atoms in total. The number of aromatic nitrogens is 1. The molecule has 0 fully saturated rings. The molecule has 2 N–H and O–H groups in total. The van der Waals surface area contributed by atoms with Crippen LogP contribution in [0.15, 0.2) is 18.5 Å². The van der Waals surface area contributed by atoms with E-state index in [0.717, 1.165) is 0 Å². The summed E-state index contributed by atoms with van der Waals surface area (Å²) < 4.78 is 5.56. The molecule has 0 spiro atoms. The van der Waals surface area contributed by atoms with E-state index in [0.29, 0.717) is 17.3 Å². The fraction of sp³-hybridized carbons (Fsp3) is 0.444. The van der Waals surface area contributed by atoms with Crippen molar-refractivity contribution in [2.24, 2.45) is 5.73 Å². The van der Waals surface area contributed by atoms with Gasteiger partial charge in [-0.15, -0.1) is 0 Å². The van der Waals surface area contributed by atoms with E-state index >= 15 is 0 Å². The van der Waals surface area contributed by atoms with E-state index in [1.54, 1.807) is 18.5 Å². The fourth-order valence-corrected chi connectivity index (χ4v) is 0.973. The highest BCUT2D eigenvalue weighted by Gasteiger charge is 2.17. The first-order valence-corrected chi connectivity index (χ1v) is 4.41. The van der Waals surface area contributed by atoms with E-state index in [1.807, 2.05) is 13.8 Å². The second-order valence-corrected chi connectivity index (χ2v) is 3.84. The molecule has 0 amide bonds. The molecule has 0 saturated heterocycles. The zero-order valence-electron chi connectivity index (χ0n) is 7.75. The summed E-state index contributed by atoms with van der Waals surface area (Å²) >= 11 is 5.74. The Morgan fingerprint density at radius 3 is 2.77 bits per heavy atom. The van der Waals surface area contributed by atoms with Crippen molar-refractivity contribution >= 4 is 11.6 Å². The van der Waals surface area contributed by atoms with Gasteiger partial charge in [-0.3, -0.25) is 4.98 Å². The molecule has 0 unspecified atom stereocenters. The first-order valence-electron chi connectivity index (χ1n) is 4.03. The van der Waals surface area contributed by atoms with Gasteiger partial charge in [0, 0.05) is 18.8 Å². The van der Waals surface area contributed by atoms with Crippen LogP contribution in [0.1, 0.15) is 13.8 Å². The average Bonchev–Trinajstić information content (AvgIpc) is 2.03. The van der Waals surface area contributed by atoms with Gasteiger partial charge in [-0.1, -0.05) is 11.6 Å². The summed E-state index contributed by atoms with van der Waals surface area (Å²) in [5.41, 5.74) is 5.13. The van der Waals surface area contributed by atoms with E-state index in [-0.39, 0.29) is 5.60 Å². The second kappa shape index (κ2) is 3.94. The number of hydrogen-bond acceptors (Lipinski definition) is 3. The SMILES string of the molecule is CC(C)(CN)Oc1cncc(Cl)c1. The maximum absolute atomic E-state index is 5.74. The lowest BCUT2D eigenvalue weighted by molar-refractivity contribution is 0.118. The Kier molecular flexibility index (Phi) is 3.12. The predicted molar refractivity (Wildman–Crippen MR) is 53.0 cm³/mol. The molecular formula is C9H13ClN2O. The summed E-state index contributed by atoms with van der Waals surface area (Å²) in [6.45, 7) is 4.27. The van der Waals surface area contributed by atoms with Crippen LogP contribution in [0.3, 0.4) is 0 Å². The second-order valence-electron chi connectivity index (χ2n) is 3.40. The Bertz CT molecular complexity index is 289. The van der Waals surface area contributed by atoms with Crippen molar-refractivity contribution < 1.29 is 4.74 Å². The molecule has 4 heteroatoms. The number of halogens is 1. The molecule has 1 rings (SSSR count). The van der Waals surface area contributed by atoms with Crippen LogP contribution in [0.2, 0.25) is 5.02 Å². The Labute approximate surface area is 82.9 Å². The highest BCUT2D eigenvalue weighted by molar-refractivity contribution is 6.30. The molecule has 0 radical (unpaired) electrons. The lowest BCUT2D eigenvalue weighted by Crippen LogP contribution is -2.37. The van der Waals surface area contributed by atoms with Crippen LogP contribution in [0.4, 0.5) is 0 Å². The van der Waals surface area contributed by atoms with Gasteiger partial charge in [-0.25, -0.2) is 0 Å². The number of nitrogens with two attached hydrogens (primary N) is 1. The molecular weight excluding hydrogens is 188 g/mol. The van der Waals surface area contributed by atoms with Gasteiger partial charge in [0.2, 0.25) is 0 Å². The average molecular weight is 201 g/mol. The number of hydrogen-bond donors (Lipinski definition) is 1. The molecule has 0 aliphatic heterocycles. The smallest absolute Gasteiger partial charge is 0.139 e. The van der Waals surface area contributed by atoms with Crippen LogP contribution in [-0.4, -0.2) is 17.1 Å². The Morgan fingerprint density at radius 2 is 2.23 bits per heavy atom. The maximum atomic E-state index is 5.74. The minimum absolute atomic E-state index is 0.383. The van der Waals surface area contributed by atoms with Gasteiger partial charge in [0.15, 0.2) is 0 Å². The first kappa shape index (κ1) is 10.3. The molecule has 0 aromatic carbocycles. The van der Waals surface area contributed by atoms with Crippen LogP contribution < -0.4 is 10.5 Å². The summed E-state index contributed by atoms with van der Waals surface area (Å²) in [7, 11) is 0. The van der Waals surface area contributed by atoms with E-state index in [2.05, 4.69) is 4.98 Å². The van der Waals surface area contributed by atoms with Crippen molar-refractivity contribution in [3.63, 3.8) is 0 Å². The Hall–Kier alpha value is -0.800. The molecule has 13 heavy (non-hydrogen) atoms. The quantitative estimate of drug-likeness (QED) is 0.810. The summed E-state index contributed by atoms with van der Waals surface area (Å²) in [4.78, 5) is 3.90. The number of pyridine rings is 1. The van der Waals surface area contributed by atoms with Crippen molar-refractivity contribution in [1.82, 2.24) is 4.98 Å². The zero-order valence-corrected chi connectivity index (χ0v) is 8.51. The first-order chi connectivity index (χ1) is 6.03. The van der Waals surface area contributed by atoms with Crippen LogP contribution >= 0.6 is 11.6 Å². The lowest BCUT2D eigenvalue weighted by atomic mass is 10.1. The normalized spacial score (nSPS) is 11.4.